The number of hydrogen-bond acceptors (Lipinski definition) is 10. The van der Waals surface area contributed by atoms with Gasteiger partial charge < -0.3 is 4.74 Å². The van der Waals surface area contributed by atoms with Crippen LogP contribution in [0.1, 0.15) is 31.0 Å². The van der Waals surface area contributed by atoms with E-state index in [-0.39, 0.29) is 19.6 Å². The molecule has 0 unspecified atom stereocenters. The van der Waals surface area contributed by atoms with Gasteiger partial charge in [-0.2, -0.15) is 0 Å². The fraction of sp³-hybridized carbons (Fsp3) is 0.562. The quantitative estimate of drug-likeness (QED) is 0.361. The highest BCUT2D eigenvalue weighted by Crippen LogP contribution is 2.34. The second kappa shape index (κ2) is 9.72. The molecule has 12 nitrogen and oxygen atoms in total. The van der Waals surface area contributed by atoms with E-state index in [1.54, 1.807) is 0 Å². The molecule has 0 saturated carbocycles. The molecule has 0 fully saturated rings. The van der Waals surface area contributed by atoms with Crippen LogP contribution in [0.3, 0.4) is 0 Å². The van der Waals surface area contributed by atoms with Crippen LogP contribution in [0.5, 0.6) is 0 Å². The van der Waals surface area contributed by atoms with E-state index < -0.39 is 58.1 Å². The summed E-state index contributed by atoms with van der Waals surface area (Å²) in [5, 5.41) is 0. The Bertz CT molecular complexity index is 1200. The third kappa shape index (κ3) is 7.48. The van der Waals surface area contributed by atoms with E-state index in [0.717, 1.165) is 6.92 Å². The van der Waals surface area contributed by atoms with Gasteiger partial charge in [0, 0.05) is 6.92 Å². The molecule has 16 heteroatoms. The summed E-state index contributed by atoms with van der Waals surface area (Å²) in [6.07, 6.45) is 2.42. The van der Waals surface area contributed by atoms with Crippen LogP contribution >= 0.6 is 0 Å². The molecule has 0 bridgehead atoms. The van der Waals surface area contributed by atoms with Crippen molar-refractivity contribution in [1.29, 1.82) is 0 Å². The zero-order valence-electron chi connectivity index (χ0n) is 18.3. The van der Waals surface area contributed by atoms with Crippen molar-refractivity contribution < 1.29 is 43.2 Å². The topological polar surface area (TPSA) is 169 Å². The molecule has 32 heavy (non-hydrogen) atoms. The fourth-order valence-corrected chi connectivity index (χ4v) is 9.99. The Morgan fingerprint density at radius 3 is 1.47 bits per heavy atom. The summed E-state index contributed by atoms with van der Waals surface area (Å²) in [6, 6.07) is 1.98. The second-order valence-corrected chi connectivity index (χ2v) is 15.1. The van der Waals surface area contributed by atoms with E-state index in [2.05, 4.69) is 0 Å². The zero-order chi connectivity index (χ0) is 25.3. The fourth-order valence-electron chi connectivity index (χ4n) is 3.20. The lowest BCUT2D eigenvalue weighted by molar-refractivity contribution is -0.142. The monoisotopic (exact) mass is 534 g/mol. The molecule has 0 aromatic heterocycles. The van der Waals surface area contributed by atoms with Crippen LogP contribution in [0.4, 0.5) is 0 Å². The van der Waals surface area contributed by atoms with Crippen LogP contribution in [0.25, 0.3) is 0 Å². The molecular weight excluding hydrogens is 508 g/mol. The number of rotatable bonds is 10. The summed E-state index contributed by atoms with van der Waals surface area (Å²) in [5.74, 6) is -0.544. The minimum absolute atomic E-state index is 0.00257. The van der Waals surface area contributed by atoms with Gasteiger partial charge >= 0.3 is 5.97 Å². The van der Waals surface area contributed by atoms with Crippen LogP contribution in [0.15, 0.2) is 24.3 Å². The minimum atomic E-state index is -4.51. The molecule has 0 N–H and O–H groups in total. The van der Waals surface area contributed by atoms with Gasteiger partial charge in [-0.3, -0.25) is 4.79 Å². The summed E-state index contributed by atoms with van der Waals surface area (Å²) >= 11 is 0. The molecule has 1 aromatic rings. The number of sulfonamides is 4. The van der Waals surface area contributed by atoms with E-state index in [1.807, 2.05) is 0 Å². The number of hydrogen-bond donors (Lipinski definition) is 0. The van der Waals surface area contributed by atoms with E-state index >= 15 is 0 Å². The predicted molar refractivity (Wildman–Crippen MR) is 117 cm³/mol. The highest BCUT2D eigenvalue weighted by Gasteiger charge is 2.45. The third-order valence-corrected chi connectivity index (χ3v) is 11.1. The highest BCUT2D eigenvalue weighted by atomic mass is 32.3. The Hall–Kier alpha value is -1.59. The number of esters is 1. The molecular formula is C16H26N2O10S4. The molecule has 0 aliphatic carbocycles. The van der Waals surface area contributed by atoms with Gasteiger partial charge in [0.1, 0.15) is 6.61 Å². The molecule has 1 rings (SSSR count). The molecule has 0 heterocycles. The van der Waals surface area contributed by atoms with Crippen molar-refractivity contribution in [3.63, 3.8) is 0 Å². The standard InChI is InChI=1S/C16H26N2O10S4/c1-12(17(29(3,20)21)30(4,22)23)16(18(31(5,24)25)32(6,26)27)15-9-7-14(8-10-15)11-28-13(2)19/h7-10,12,16H,11H2,1-6H3/t12-,16-/m1/s1. The minimum Gasteiger partial charge on any atom is -0.461 e. The van der Waals surface area contributed by atoms with Crippen molar-refractivity contribution in [3.05, 3.63) is 35.4 Å². The first-order chi connectivity index (χ1) is 14.2. The van der Waals surface area contributed by atoms with Crippen LogP contribution in [0, 0.1) is 0 Å². The highest BCUT2D eigenvalue weighted by molar-refractivity contribution is 8.04. The number of nitrogens with zero attached hydrogens (tertiary/aromatic N) is 2. The Morgan fingerprint density at radius 2 is 1.16 bits per heavy atom. The van der Waals surface area contributed by atoms with E-state index in [9.17, 15) is 38.5 Å². The van der Waals surface area contributed by atoms with Crippen molar-refractivity contribution in [2.24, 2.45) is 0 Å². The van der Waals surface area contributed by atoms with Crippen LogP contribution in [0.2, 0.25) is 0 Å². The molecule has 2 atom stereocenters. The van der Waals surface area contributed by atoms with Crippen LogP contribution in [-0.4, -0.2) is 78.1 Å². The van der Waals surface area contributed by atoms with Gasteiger partial charge in [-0.25, -0.2) is 33.7 Å². The lowest BCUT2D eigenvalue weighted by atomic mass is 10.0. The molecule has 0 saturated heterocycles. The van der Waals surface area contributed by atoms with E-state index in [1.165, 1.54) is 31.2 Å². The van der Waals surface area contributed by atoms with Gasteiger partial charge in [0.15, 0.2) is 0 Å². The van der Waals surface area contributed by atoms with Crippen LogP contribution in [-0.2, 0) is 56.2 Å². The number of carbonyl (C=O) groups excluding carboxylic acids is 1. The average Bonchev–Trinajstić information content (AvgIpc) is 2.53. The van der Waals surface area contributed by atoms with Crippen molar-refractivity contribution >= 4 is 46.1 Å². The molecule has 0 aliphatic rings. The summed E-state index contributed by atoms with van der Waals surface area (Å²) in [4.78, 5) is 11.0. The van der Waals surface area contributed by atoms with Gasteiger partial charge in [0.25, 0.3) is 0 Å². The molecule has 184 valence electrons. The Kier molecular flexibility index (Phi) is 8.64. The largest absolute Gasteiger partial charge is 0.461 e. The summed E-state index contributed by atoms with van der Waals surface area (Å²) in [6.45, 7) is 2.17. The summed E-state index contributed by atoms with van der Waals surface area (Å²) < 4.78 is 104. The van der Waals surface area contributed by atoms with Gasteiger partial charge in [0.05, 0.1) is 37.1 Å². The van der Waals surface area contributed by atoms with Crippen LogP contribution < -0.4 is 0 Å². The second-order valence-electron chi connectivity index (χ2n) is 7.21. The predicted octanol–water partition coefficient (Wildman–Crippen LogP) is -0.378. The van der Waals surface area contributed by atoms with Gasteiger partial charge in [-0.05, 0) is 18.1 Å². The molecule has 0 radical (unpaired) electrons. The number of benzene rings is 1. The van der Waals surface area contributed by atoms with E-state index in [0.29, 0.717) is 30.6 Å². The van der Waals surface area contributed by atoms with Crippen molar-refractivity contribution in [3.8, 4) is 0 Å². The first-order valence-corrected chi connectivity index (χ1v) is 16.2. The Balaban J connectivity index is 3.81. The third-order valence-electron chi connectivity index (χ3n) is 4.09. The van der Waals surface area contributed by atoms with Crippen molar-refractivity contribution in [2.45, 2.75) is 32.5 Å². The summed E-state index contributed by atoms with van der Waals surface area (Å²) in [5.41, 5.74) is 0.473. The maximum atomic E-state index is 12.4. The van der Waals surface area contributed by atoms with Crippen molar-refractivity contribution in [1.82, 2.24) is 7.42 Å². The maximum Gasteiger partial charge on any atom is 0.302 e. The maximum absolute atomic E-state index is 12.4. The first kappa shape index (κ1) is 28.4. The zero-order valence-corrected chi connectivity index (χ0v) is 21.5. The normalized spacial score (nSPS) is 15.5. The molecule has 0 aliphatic heterocycles. The smallest absolute Gasteiger partial charge is 0.302 e. The molecule has 0 spiro atoms. The Labute approximate surface area is 189 Å². The van der Waals surface area contributed by atoms with Crippen molar-refractivity contribution in [2.75, 3.05) is 25.0 Å². The number of carbonyl (C=O) groups is 1. The van der Waals surface area contributed by atoms with Gasteiger partial charge in [-0.15, -0.1) is 0 Å². The SMILES string of the molecule is CC(=O)OCc1ccc([C@@H]([C@@H](C)N(S(C)(=O)=O)S(C)(=O)=O)N(S(C)(=O)=O)S(C)(=O)=O)cc1. The van der Waals surface area contributed by atoms with E-state index in [4.69, 9.17) is 4.74 Å². The number of ether oxygens (including phenoxy) is 1. The molecule has 0 amide bonds. The van der Waals surface area contributed by atoms with Gasteiger partial charge in [-0.1, -0.05) is 31.7 Å². The first-order valence-electron chi connectivity index (χ1n) is 8.78. The lowest BCUT2D eigenvalue weighted by Crippen LogP contribution is -2.51. The summed E-state index contributed by atoms with van der Waals surface area (Å²) in [7, 11) is -17.9. The Morgan fingerprint density at radius 1 is 0.781 bits per heavy atom. The van der Waals surface area contributed by atoms with Gasteiger partial charge in [0.2, 0.25) is 40.1 Å². The lowest BCUT2D eigenvalue weighted by Gasteiger charge is -2.36. The average molecular weight is 535 g/mol. The molecule has 1 aromatic carbocycles.